The summed E-state index contributed by atoms with van der Waals surface area (Å²) in [6.45, 7) is 3.51. The number of carbonyl (C=O) groups is 1. The highest BCUT2D eigenvalue weighted by Gasteiger charge is 2.09. The molecule has 6 nitrogen and oxygen atoms in total. The van der Waals surface area contributed by atoms with E-state index in [4.69, 9.17) is 11.6 Å². The van der Waals surface area contributed by atoms with Gasteiger partial charge in [-0.05, 0) is 17.2 Å². The number of aromatic nitrogens is 4. The number of rotatable bonds is 8. The van der Waals surface area contributed by atoms with E-state index < -0.39 is 0 Å². The maximum atomic E-state index is 11.5. The molecular formula is C19H18ClN5OS. The SMILES string of the molecule is C=CC(=O)Cc1cccc(CSc2nc(Nc3cnn(C)c3)ncc2Cl)c1. The largest absolute Gasteiger partial charge is 0.321 e. The second kappa shape index (κ2) is 8.83. The van der Waals surface area contributed by atoms with Crippen LogP contribution in [0.15, 0.2) is 60.5 Å². The van der Waals surface area contributed by atoms with E-state index in [2.05, 4.69) is 27.0 Å². The fourth-order valence-corrected chi connectivity index (χ4v) is 3.46. The van der Waals surface area contributed by atoms with Crippen molar-refractivity contribution in [2.24, 2.45) is 7.05 Å². The zero-order valence-electron chi connectivity index (χ0n) is 14.7. The fourth-order valence-electron chi connectivity index (χ4n) is 2.38. The van der Waals surface area contributed by atoms with Gasteiger partial charge < -0.3 is 5.32 Å². The zero-order chi connectivity index (χ0) is 19.2. The van der Waals surface area contributed by atoms with Gasteiger partial charge >= 0.3 is 0 Å². The third-order valence-electron chi connectivity index (χ3n) is 3.65. The van der Waals surface area contributed by atoms with E-state index in [0.29, 0.717) is 28.2 Å². The summed E-state index contributed by atoms with van der Waals surface area (Å²) >= 11 is 7.76. The molecule has 0 bridgehead atoms. The molecule has 2 heterocycles. The summed E-state index contributed by atoms with van der Waals surface area (Å²) in [6, 6.07) is 7.90. The summed E-state index contributed by atoms with van der Waals surface area (Å²) in [5, 5.41) is 8.38. The van der Waals surface area contributed by atoms with Crippen molar-refractivity contribution >= 4 is 40.8 Å². The van der Waals surface area contributed by atoms with E-state index >= 15 is 0 Å². The van der Waals surface area contributed by atoms with Crippen LogP contribution in [0.4, 0.5) is 11.6 Å². The van der Waals surface area contributed by atoms with Crippen LogP contribution in [0.1, 0.15) is 11.1 Å². The van der Waals surface area contributed by atoms with E-state index in [1.807, 2.05) is 37.5 Å². The van der Waals surface area contributed by atoms with Crippen LogP contribution in [-0.4, -0.2) is 25.5 Å². The van der Waals surface area contributed by atoms with Gasteiger partial charge in [-0.15, -0.1) is 0 Å². The Morgan fingerprint density at radius 2 is 2.19 bits per heavy atom. The first-order valence-corrected chi connectivity index (χ1v) is 9.54. The predicted molar refractivity (Wildman–Crippen MR) is 108 cm³/mol. The van der Waals surface area contributed by atoms with Crippen molar-refractivity contribution < 1.29 is 4.79 Å². The molecule has 0 atom stereocenters. The maximum Gasteiger partial charge on any atom is 0.228 e. The van der Waals surface area contributed by atoms with Gasteiger partial charge in [0.05, 0.1) is 23.1 Å². The number of nitrogens with one attached hydrogen (secondary N) is 1. The van der Waals surface area contributed by atoms with Crippen LogP contribution in [-0.2, 0) is 24.0 Å². The maximum absolute atomic E-state index is 11.5. The number of hydrogen-bond donors (Lipinski definition) is 1. The Hall–Kier alpha value is -2.64. The van der Waals surface area contributed by atoms with E-state index in [9.17, 15) is 4.79 Å². The summed E-state index contributed by atoms with van der Waals surface area (Å²) in [7, 11) is 1.84. The minimum absolute atomic E-state index is 0.00441. The number of anilines is 2. The average molecular weight is 400 g/mol. The fraction of sp³-hybridized carbons (Fsp3) is 0.158. The van der Waals surface area contributed by atoms with Crippen LogP contribution >= 0.6 is 23.4 Å². The topological polar surface area (TPSA) is 72.7 Å². The van der Waals surface area contributed by atoms with Crippen LogP contribution in [0.2, 0.25) is 5.02 Å². The molecule has 0 spiro atoms. The van der Waals surface area contributed by atoms with Gasteiger partial charge in [0.25, 0.3) is 0 Å². The zero-order valence-corrected chi connectivity index (χ0v) is 16.3. The third-order valence-corrected chi connectivity index (χ3v) is 5.10. The van der Waals surface area contributed by atoms with Crippen LogP contribution in [0, 0.1) is 0 Å². The monoisotopic (exact) mass is 399 g/mol. The molecule has 0 unspecified atom stereocenters. The standard InChI is InChI=1S/C19H18ClN5OS/c1-3-16(26)8-13-5-4-6-14(7-13)12-27-18-17(20)10-21-19(24-18)23-15-9-22-25(2)11-15/h3-7,9-11H,1,8,12H2,2H3,(H,21,23,24). The number of hydrogen-bond acceptors (Lipinski definition) is 6. The number of carbonyl (C=O) groups excluding carboxylic acids is 1. The molecule has 1 aromatic carbocycles. The Labute approximate surface area is 166 Å². The quantitative estimate of drug-likeness (QED) is 0.347. The second-order valence-corrected chi connectivity index (χ2v) is 7.20. The Balaban J connectivity index is 1.68. The lowest BCUT2D eigenvalue weighted by molar-refractivity contribution is -0.114. The molecule has 27 heavy (non-hydrogen) atoms. The molecule has 0 saturated carbocycles. The summed E-state index contributed by atoms with van der Waals surface area (Å²) in [6.07, 6.45) is 6.81. The molecule has 0 amide bonds. The van der Waals surface area contributed by atoms with Crippen LogP contribution in [0.3, 0.4) is 0 Å². The smallest absolute Gasteiger partial charge is 0.228 e. The number of nitrogens with zero attached hydrogens (tertiary/aromatic N) is 4. The molecule has 138 valence electrons. The van der Waals surface area contributed by atoms with Gasteiger partial charge in [0.15, 0.2) is 5.78 Å². The molecule has 0 aliphatic heterocycles. The molecule has 1 N–H and O–H groups in total. The number of thioether (sulfide) groups is 1. The lowest BCUT2D eigenvalue weighted by Crippen LogP contribution is -1.99. The summed E-state index contributed by atoms with van der Waals surface area (Å²) < 4.78 is 1.69. The first-order valence-electron chi connectivity index (χ1n) is 8.17. The molecule has 0 aliphatic carbocycles. The first kappa shape index (κ1) is 19.1. The Morgan fingerprint density at radius 3 is 2.93 bits per heavy atom. The molecule has 0 fully saturated rings. The molecule has 0 radical (unpaired) electrons. The van der Waals surface area contributed by atoms with Gasteiger partial charge in [-0.3, -0.25) is 9.48 Å². The Morgan fingerprint density at radius 1 is 1.37 bits per heavy atom. The number of allylic oxidation sites excluding steroid dienone is 1. The minimum atomic E-state index is 0.00441. The molecule has 3 rings (SSSR count). The van der Waals surface area contributed by atoms with Crippen LogP contribution in [0.5, 0.6) is 0 Å². The number of benzene rings is 1. The molecule has 2 aromatic heterocycles. The van der Waals surface area contributed by atoms with E-state index in [1.54, 1.807) is 17.1 Å². The second-order valence-electron chi connectivity index (χ2n) is 5.83. The Bertz CT molecular complexity index is 972. The highest BCUT2D eigenvalue weighted by molar-refractivity contribution is 7.98. The molecule has 0 saturated heterocycles. The molecular weight excluding hydrogens is 382 g/mol. The predicted octanol–water partition coefficient (Wildman–Crippen LogP) is 4.20. The third kappa shape index (κ3) is 5.42. The van der Waals surface area contributed by atoms with Gasteiger partial charge in [-0.1, -0.05) is 54.2 Å². The van der Waals surface area contributed by atoms with Gasteiger partial charge in [0.1, 0.15) is 5.03 Å². The normalized spacial score (nSPS) is 10.6. The van der Waals surface area contributed by atoms with E-state index in [1.165, 1.54) is 17.8 Å². The number of aryl methyl sites for hydroxylation is 1. The number of ketones is 1. The van der Waals surface area contributed by atoms with Gasteiger partial charge in [-0.25, -0.2) is 9.97 Å². The summed E-state index contributed by atoms with van der Waals surface area (Å²) in [4.78, 5) is 20.2. The lowest BCUT2D eigenvalue weighted by atomic mass is 10.1. The summed E-state index contributed by atoms with van der Waals surface area (Å²) in [5.74, 6) is 1.14. The van der Waals surface area contributed by atoms with Crippen molar-refractivity contribution in [1.82, 2.24) is 19.7 Å². The van der Waals surface area contributed by atoms with Gasteiger partial charge in [-0.2, -0.15) is 5.10 Å². The van der Waals surface area contributed by atoms with E-state index in [0.717, 1.165) is 16.8 Å². The van der Waals surface area contributed by atoms with Crippen molar-refractivity contribution in [3.8, 4) is 0 Å². The molecule has 0 aliphatic rings. The van der Waals surface area contributed by atoms with Gasteiger partial charge in [0, 0.05) is 25.4 Å². The Kier molecular flexibility index (Phi) is 6.26. The van der Waals surface area contributed by atoms with Gasteiger partial charge in [0.2, 0.25) is 5.95 Å². The molecule has 3 aromatic rings. The van der Waals surface area contributed by atoms with Crippen molar-refractivity contribution in [3.63, 3.8) is 0 Å². The first-order chi connectivity index (χ1) is 13.0. The van der Waals surface area contributed by atoms with E-state index in [-0.39, 0.29) is 5.78 Å². The van der Waals surface area contributed by atoms with Crippen molar-refractivity contribution in [2.75, 3.05) is 5.32 Å². The van der Waals surface area contributed by atoms with Crippen LogP contribution < -0.4 is 5.32 Å². The summed E-state index contributed by atoms with van der Waals surface area (Å²) in [5.41, 5.74) is 2.85. The molecule has 8 heteroatoms. The van der Waals surface area contributed by atoms with Crippen molar-refractivity contribution in [3.05, 3.63) is 71.7 Å². The minimum Gasteiger partial charge on any atom is -0.321 e. The number of halogens is 1. The average Bonchev–Trinajstić information content (AvgIpc) is 3.07. The van der Waals surface area contributed by atoms with Crippen LogP contribution in [0.25, 0.3) is 0 Å². The highest BCUT2D eigenvalue weighted by atomic mass is 35.5. The van der Waals surface area contributed by atoms with Crippen molar-refractivity contribution in [1.29, 1.82) is 0 Å². The van der Waals surface area contributed by atoms with Crippen molar-refractivity contribution in [2.45, 2.75) is 17.2 Å². The highest BCUT2D eigenvalue weighted by Crippen LogP contribution is 2.29. The lowest BCUT2D eigenvalue weighted by Gasteiger charge is -2.07.